The van der Waals surface area contributed by atoms with Crippen molar-refractivity contribution < 1.29 is 17.2 Å². The Morgan fingerprint density at radius 3 is 1.83 bits per heavy atom. The van der Waals surface area contributed by atoms with Crippen molar-refractivity contribution in [2.45, 2.75) is 28.0 Å². The van der Waals surface area contributed by atoms with E-state index in [1.54, 1.807) is 36.4 Å². The zero-order valence-corrected chi connectivity index (χ0v) is 17.7. The van der Waals surface area contributed by atoms with Crippen LogP contribution >= 0.6 is 11.8 Å². The van der Waals surface area contributed by atoms with E-state index in [1.165, 1.54) is 46.5 Å². The maximum atomic E-state index is 13.4. The average molecular weight is 447 g/mol. The van der Waals surface area contributed by atoms with Crippen molar-refractivity contribution in [3.63, 3.8) is 0 Å². The summed E-state index contributed by atoms with van der Waals surface area (Å²) in [5.74, 6) is -0.674. The number of aromatic nitrogens is 1. The highest BCUT2D eigenvalue weighted by Gasteiger charge is 2.27. The van der Waals surface area contributed by atoms with Crippen LogP contribution in [0.5, 0.6) is 0 Å². The second-order valence-corrected chi connectivity index (χ2v) is 10.1. The Morgan fingerprint density at radius 2 is 1.37 bits per heavy atom. The number of rotatable bonds is 6. The average Bonchev–Trinajstić information content (AvgIpc) is 3.30. The quantitative estimate of drug-likeness (QED) is 0.499. The number of halogens is 2. The van der Waals surface area contributed by atoms with Crippen LogP contribution in [0.2, 0.25) is 0 Å². The van der Waals surface area contributed by atoms with Crippen molar-refractivity contribution in [2.24, 2.45) is 0 Å². The maximum absolute atomic E-state index is 13.4. The standard InChI is InChI=1S/C22H20F2N2O2S2/c23-18-7-3-16(4-8-18)22(17-5-9-19(24)10-6-17)29-21-12-11-20(15-25-21)30(27,28)26-13-1-2-14-26/h3-12,15,22H,1-2,13-14H2. The Balaban J connectivity index is 1.61. The van der Waals surface area contributed by atoms with Crippen molar-refractivity contribution in [1.29, 1.82) is 0 Å². The van der Waals surface area contributed by atoms with Gasteiger partial charge in [0.2, 0.25) is 10.0 Å². The van der Waals surface area contributed by atoms with Gasteiger partial charge in [0.1, 0.15) is 16.5 Å². The van der Waals surface area contributed by atoms with Crippen LogP contribution in [0.1, 0.15) is 29.2 Å². The highest BCUT2D eigenvalue weighted by molar-refractivity contribution is 7.99. The van der Waals surface area contributed by atoms with E-state index in [2.05, 4.69) is 4.98 Å². The minimum atomic E-state index is -3.52. The molecule has 1 aliphatic heterocycles. The Hall–Kier alpha value is -2.29. The molecule has 156 valence electrons. The van der Waals surface area contributed by atoms with E-state index in [4.69, 9.17) is 0 Å². The fourth-order valence-corrected chi connectivity index (χ4v) is 5.94. The van der Waals surface area contributed by atoms with Gasteiger partial charge in [-0.25, -0.2) is 22.2 Å². The fraction of sp³-hybridized carbons (Fsp3) is 0.227. The first kappa shape index (κ1) is 21.0. The summed E-state index contributed by atoms with van der Waals surface area (Å²) in [7, 11) is -3.52. The molecule has 4 rings (SSSR count). The topological polar surface area (TPSA) is 50.3 Å². The van der Waals surface area contributed by atoms with Crippen molar-refractivity contribution in [1.82, 2.24) is 9.29 Å². The molecule has 1 aromatic heterocycles. The van der Waals surface area contributed by atoms with Gasteiger partial charge in [0, 0.05) is 19.3 Å². The van der Waals surface area contributed by atoms with Gasteiger partial charge in [0.25, 0.3) is 0 Å². The first-order valence-corrected chi connectivity index (χ1v) is 11.9. The van der Waals surface area contributed by atoms with Crippen LogP contribution in [-0.4, -0.2) is 30.8 Å². The summed E-state index contributed by atoms with van der Waals surface area (Å²) in [5, 5.41) is 0.369. The number of benzene rings is 2. The van der Waals surface area contributed by atoms with E-state index >= 15 is 0 Å². The molecule has 0 amide bonds. The zero-order chi connectivity index (χ0) is 21.1. The highest BCUT2D eigenvalue weighted by Crippen LogP contribution is 2.40. The number of pyridine rings is 1. The lowest BCUT2D eigenvalue weighted by Gasteiger charge is -2.18. The van der Waals surface area contributed by atoms with E-state index < -0.39 is 10.0 Å². The maximum Gasteiger partial charge on any atom is 0.244 e. The summed E-state index contributed by atoms with van der Waals surface area (Å²) in [5.41, 5.74) is 1.67. The van der Waals surface area contributed by atoms with Gasteiger partial charge in [-0.2, -0.15) is 4.31 Å². The largest absolute Gasteiger partial charge is 0.249 e. The van der Waals surface area contributed by atoms with Gasteiger partial charge < -0.3 is 0 Å². The van der Waals surface area contributed by atoms with Crippen molar-refractivity contribution in [3.05, 3.63) is 89.6 Å². The number of hydrogen-bond acceptors (Lipinski definition) is 4. The van der Waals surface area contributed by atoms with Gasteiger partial charge >= 0.3 is 0 Å². The molecule has 1 aliphatic rings. The molecule has 0 spiro atoms. The van der Waals surface area contributed by atoms with Gasteiger partial charge in [-0.1, -0.05) is 36.0 Å². The molecule has 0 unspecified atom stereocenters. The third-order valence-corrected chi connectivity index (χ3v) is 8.14. The van der Waals surface area contributed by atoms with Crippen LogP contribution in [0.25, 0.3) is 0 Å². The summed E-state index contributed by atoms with van der Waals surface area (Å²) in [6.07, 6.45) is 3.12. The molecular formula is C22H20F2N2O2S2. The summed E-state index contributed by atoms with van der Waals surface area (Å²) >= 11 is 1.39. The van der Waals surface area contributed by atoms with Crippen molar-refractivity contribution >= 4 is 21.8 Å². The fourth-order valence-electron chi connectivity index (χ4n) is 3.39. The lowest BCUT2D eigenvalue weighted by molar-refractivity contribution is 0.477. The molecule has 0 atom stereocenters. The van der Waals surface area contributed by atoms with E-state index in [1.807, 2.05) is 0 Å². The minimum Gasteiger partial charge on any atom is -0.249 e. The van der Waals surface area contributed by atoms with Crippen LogP contribution in [-0.2, 0) is 10.0 Å². The number of nitrogens with zero attached hydrogens (tertiary/aromatic N) is 2. The van der Waals surface area contributed by atoms with Gasteiger partial charge in [-0.05, 0) is 60.4 Å². The van der Waals surface area contributed by atoms with Gasteiger partial charge in [0.05, 0.1) is 10.3 Å². The Morgan fingerprint density at radius 1 is 0.833 bits per heavy atom. The molecular weight excluding hydrogens is 426 g/mol. The summed E-state index contributed by atoms with van der Waals surface area (Å²) in [6.45, 7) is 1.08. The molecule has 0 aliphatic carbocycles. The van der Waals surface area contributed by atoms with Crippen LogP contribution in [0.4, 0.5) is 8.78 Å². The molecule has 1 saturated heterocycles. The van der Waals surface area contributed by atoms with Crippen LogP contribution < -0.4 is 0 Å². The van der Waals surface area contributed by atoms with Crippen molar-refractivity contribution in [3.8, 4) is 0 Å². The molecule has 2 heterocycles. The summed E-state index contributed by atoms with van der Waals surface area (Å²) in [4.78, 5) is 4.53. The molecule has 0 N–H and O–H groups in total. The number of hydrogen-bond donors (Lipinski definition) is 0. The third-order valence-electron chi connectivity index (χ3n) is 5.00. The lowest BCUT2D eigenvalue weighted by atomic mass is 10.0. The highest BCUT2D eigenvalue weighted by atomic mass is 32.2. The van der Waals surface area contributed by atoms with E-state index in [0.717, 1.165) is 24.0 Å². The second kappa shape index (κ2) is 8.83. The first-order chi connectivity index (χ1) is 14.4. The minimum absolute atomic E-state index is 0.175. The number of thioether (sulfide) groups is 1. The van der Waals surface area contributed by atoms with E-state index in [0.29, 0.717) is 18.1 Å². The van der Waals surface area contributed by atoms with E-state index in [-0.39, 0.29) is 21.8 Å². The normalized spacial score (nSPS) is 15.0. The monoisotopic (exact) mass is 446 g/mol. The molecule has 8 heteroatoms. The smallest absolute Gasteiger partial charge is 0.244 e. The summed E-state index contributed by atoms with van der Waals surface area (Å²) < 4.78 is 53.6. The molecule has 0 saturated carbocycles. The molecule has 2 aromatic carbocycles. The van der Waals surface area contributed by atoms with E-state index in [9.17, 15) is 17.2 Å². The summed E-state index contributed by atoms with van der Waals surface area (Å²) in [6, 6.07) is 15.5. The molecule has 0 radical (unpaired) electrons. The molecule has 4 nitrogen and oxygen atoms in total. The van der Waals surface area contributed by atoms with Crippen LogP contribution in [0.15, 0.2) is 76.8 Å². The first-order valence-electron chi connectivity index (χ1n) is 9.57. The van der Waals surface area contributed by atoms with Gasteiger partial charge in [-0.15, -0.1) is 0 Å². The van der Waals surface area contributed by atoms with Crippen molar-refractivity contribution in [2.75, 3.05) is 13.1 Å². The predicted molar refractivity (Wildman–Crippen MR) is 113 cm³/mol. The third kappa shape index (κ3) is 4.55. The van der Waals surface area contributed by atoms with Crippen LogP contribution in [0.3, 0.4) is 0 Å². The van der Waals surface area contributed by atoms with Gasteiger partial charge in [0.15, 0.2) is 0 Å². The zero-order valence-electron chi connectivity index (χ0n) is 16.0. The second-order valence-electron chi connectivity index (χ2n) is 7.04. The molecule has 30 heavy (non-hydrogen) atoms. The molecule has 1 fully saturated rings. The van der Waals surface area contributed by atoms with Gasteiger partial charge in [-0.3, -0.25) is 0 Å². The Kier molecular flexibility index (Phi) is 6.17. The molecule has 3 aromatic rings. The number of sulfonamides is 1. The Bertz CT molecular complexity index is 1050. The lowest BCUT2D eigenvalue weighted by Crippen LogP contribution is -2.27. The Labute approximate surface area is 179 Å². The van der Waals surface area contributed by atoms with Crippen LogP contribution in [0, 0.1) is 11.6 Å². The molecule has 0 bridgehead atoms. The SMILES string of the molecule is O=S(=O)(c1ccc(SC(c2ccc(F)cc2)c2ccc(F)cc2)nc1)N1CCCC1. The predicted octanol–water partition coefficient (Wildman–Crippen LogP) is 5.03.